The molecule has 1 saturated heterocycles. The van der Waals surface area contributed by atoms with Crippen LogP contribution in [0.25, 0.3) is 0 Å². The molecule has 0 saturated carbocycles. The molecule has 5 N–H and O–H groups in total. The van der Waals surface area contributed by atoms with E-state index in [9.17, 15) is 0 Å². The predicted octanol–water partition coefficient (Wildman–Crippen LogP) is 0.753. The minimum Gasteiger partial charge on any atom is -0.374 e. The van der Waals surface area contributed by atoms with Gasteiger partial charge in [0.05, 0.1) is 12.7 Å². The quantitative estimate of drug-likeness (QED) is 0.523. The first kappa shape index (κ1) is 17.0. The van der Waals surface area contributed by atoms with Crippen molar-refractivity contribution < 1.29 is 4.74 Å². The average molecular weight is 278 g/mol. The standard InChI is InChI=1S/C11H23N5O.ClH/c1-3-8(4-2)9-7-16(5-6-17-9)11(14)15-10(12)13;/h8-9H,3-7H2,1-2H3,(H5,12,13,14,15);1H. The summed E-state index contributed by atoms with van der Waals surface area (Å²) in [6.07, 6.45) is 2.35. The Morgan fingerprint density at radius 2 is 2.06 bits per heavy atom. The van der Waals surface area contributed by atoms with Gasteiger partial charge in [-0.15, -0.1) is 12.4 Å². The Labute approximate surface area is 115 Å². The maximum absolute atomic E-state index is 7.78. The molecule has 18 heavy (non-hydrogen) atoms. The molecule has 0 aliphatic carbocycles. The van der Waals surface area contributed by atoms with Crippen LogP contribution < -0.4 is 11.5 Å². The van der Waals surface area contributed by atoms with Crippen LogP contribution in [0.2, 0.25) is 0 Å². The first-order chi connectivity index (χ1) is 8.08. The third kappa shape index (κ3) is 4.70. The van der Waals surface area contributed by atoms with Crippen LogP contribution in [0.5, 0.6) is 0 Å². The molecule has 1 aliphatic rings. The average Bonchev–Trinajstić information content (AvgIpc) is 2.30. The second-order valence-corrected chi connectivity index (χ2v) is 4.29. The van der Waals surface area contributed by atoms with Gasteiger partial charge in [0, 0.05) is 13.1 Å². The van der Waals surface area contributed by atoms with Crippen molar-refractivity contribution >= 4 is 24.3 Å². The van der Waals surface area contributed by atoms with E-state index in [0.29, 0.717) is 25.6 Å². The van der Waals surface area contributed by atoms with Gasteiger partial charge in [-0.05, 0) is 5.92 Å². The predicted molar refractivity (Wildman–Crippen MR) is 76.2 cm³/mol. The van der Waals surface area contributed by atoms with Crippen molar-refractivity contribution in [1.82, 2.24) is 4.90 Å². The van der Waals surface area contributed by atoms with E-state index in [4.69, 9.17) is 21.6 Å². The first-order valence-corrected chi connectivity index (χ1v) is 6.13. The Balaban J connectivity index is 0.00000289. The Morgan fingerprint density at radius 3 is 2.56 bits per heavy atom. The van der Waals surface area contributed by atoms with Crippen molar-refractivity contribution in [2.45, 2.75) is 32.8 Å². The molecule has 6 nitrogen and oxygen atoms in total. The molecule has 0 bridgehead atoms. The van der Waals surface area contributed by atoms with Gasteiger partial charge in [0.15, 0.2) is 5.96 Å². The lowest BCUT2D eigenvalue weighted by atomic mass is 9.95. The summed E-state index contributed by atoms with van der Waals surface area (Å²) in [5.74, 6) is 0.592. The maximum Gasteiger partial charge on any atom is 0.221 e. The van der Waals surface area contributed by atoms with Gasteiger partial charge >= 0.3 is 0 Å². The third-order valence-corrected chi connectivity index (χ3v) is 3.20. The first-order valence-electron chi connectivity index (χ1n) is 6.13. The highest BCUT2D eigenvalue weighted by atomic mass is 35.5. The molecular weight excluding hydrogens is 254 g/mol. The van der Waals surface area contributed by atoms with Crippen LogP contribution in [0.3, 0.4) is 0 Å². The van der Waals surface area contributed by atoms with Gasteiger partial charge in [-0.1, -0.05) is 26.7 Å². The molecule has 1 unspecified atom stereocenters. The van der Waals surface area contributed by atoms with Crippen molar-refractivity contribution in [3.05, 3.63) is 0 Å². The Morgan fingerprint density at radius 1 is 1.44 bits per heavy atom. The SMILES string of the molecule is CCC(CC)C1CN(C(=N)N=C(N)N)CCO1.Cl. The maximum atomic E-state index is 7.78. The van der Waals surface area contributed by atoms with Crippen LogP contribution in [0.15, 0.2) is 4.99 Å². The van der Waals surface area contributed by atoms with Gasteiger partial charge < -0.3 is 21.1 Å². The number of hydrogen-bond acceptors (Lipinski definition) is 2. The molecule has 1 heterocycles. The molecule has 1 rings (SSSR count). The number of guanidine groups is 2. The fourth-order valence-electron chi connectivity index (χ4n) is 2.16. The minimum atomic E-state index is -0.0689. The minimum absolute atomic E-state index is 0. The van der Waals surface area contributed by atoms with E-state index in [1.165, 1.54) is 0 Å². The van der Waals surface area contributed by atoms with Crippen LogP contribution in [0.1, 0.15) is 26.7 Å². The van der Waals surface area contributed by atoms with E-state index < -0.39 is 0 Å². The summed E-state index contributed by atoms with van der Waals surface area (Å²) in [5.41, 5.74) is 10.6. The second kappa shape index (κ2) is 8.16. The molecule has 1 atom stereocenters. The molecule has 0 amide bonds. The smallest absolute Gasteiger partial charge is 0.221 e. The highest BCUT2D eigenvalue weighted by molar-refractivity contribution is 5.91. The highest BCUT2D eigenvalue weighted by Crippen LogP contribution is 2.20. The lowest BCUT2D eigenvalue weighted by Crippen LogP contribution is -2.48. The van der Waals surface area contributed by atoms with E-state index in [2.05, 4.69) is 18.8 Å². The molecule has 0 aromatic carbocycles. The van der Waals surface area contributed by atoms with E-state index in [-0.39, 0.29) is 30.4 Å². The summed E-state index contributed by atoms with van der Waals surface area (Å²) in [6, 6.07) is 0. The molecule has 0 aromatic heterocycles. The molecule has 0 radical (unpaired) electrons. The zero-order valence-corrected chi connectivity index (χ0v) is 11.9. The van der Waals surface area contributed by atoms with Crippen molar-refractivity contribution in [2.24, 2.45) is 22.4 Å². The van der Waals surface area contributed by atoms with Gasteiger partial charge in [0.25, 0.3) is 0 Å². The number of nitrogens with one attached hydrogen (secondary N) is 1. The van der Waals surface area contributed by atoms with Crippen LogP contribution in [0.4, 0.5) is 0 Å². The summed E-state index contributed by atoms with van der Waals surface area (Å²) in [5, 5.41) is 7.78. The number of ether oxygens (including phenoxy) is 1. The summed E-state index contributed by atoms with van der Waals surface area (Å²) >= 11 is 0. The number of halogens is 1. The summed E-state index contributed by atoms with van der Waals surface area (Å²) in [6.45, 7) is 6.33. The molecule has 0 spiro atoms. The number of aliphatic imine (C=N–C) groups is 1. The third-order valence-electron chi connectivity index (χ3n) is 3.20. The van der Waals surface area contributed by atoms with Crippen molar-refractivity contribution in [3.63, 3.8) is 0 Å². The van der Waals surface area contributed by atoms with Gasteiger partial charge in [0.1, 0.15) is 0 Å². The van der Waals surface area contributed by atoms with Crippen molar-refractivity contribution in [3.8, 4) is 0 Å². The van der Waals surface area contributed by atoms with Crippen molar-refractivity contribution in [1.29, 1.82) is 5.41 Å². The largest absolute Gasteiger partial charge is 0.374 e. The highest BCUT2D eigenvalue weighted by Gasteiger charge is 2.27. The van der Waals surface area contributed by atoms with E-state index in [1.807, 2.05) is 4.90 Å². The Bertz CT molecular complexity index is 289. The lowest BCUT2D eigenvalue weighted by molar-refractivity contribution is -0.0406. The zero-order chi connectivity index (χ0) is 12.8. The normalized spacial score (nSPS) is 19.3. The number of hydrogen-bond donors (Lipinski definition) is 3. The summed E-state index contributed by atoms with van der Waals surface area (Å²) in [4.78, 5) is 5.64. The zero-order valence-electron chi connectivity index (χ0n) is 11.1. The number of nitrogens with zero attached hydrogens (tertiary/aromatic N) is 2. The second-order valence-electron chi connectivity index (χ2n) is 4.29. The molecule has 106 valence electrons. The number of nitrogens with two attached hydrogens (primary N) is 2. The van der Waals surface area contributed by atoms with Gasteiger partial charge in [-0.25, -0.2) is 0 Å². The molecular formula is C11H24ClN5O. The topological polar surface area (TPSA) is 101 Å². The van der Waals surface area contributed by atoms with Crippen molar-refractivity contribution in [2.75, 3.05) is 19.7 Å². The molecule has 1 aliphatic heterocycles. The summed E-state index contributed by atoms with van der Waals surface area (Å²) < 4.78 is 5.76. The molecule has 0 aromatic rings. The van der Waals surface area contributed by atoms with E-state index in [1.54, 1.807) is 0 Å². The fourth-order valence-corrected chi connectivity index (χ4v) is 2.16. The Kier molecular flexibility index (Phi) is 7.70. The van der Waals surface area contributed by atoms with Gasteiger partial charge in [-0.2, -0.15) is 4.99 Å². The Hall–Kier alpha value is -1.01. The van der Waals surface area contributed by atoms with Crippen LogP contribution in [-0.2, 0) is 4.74 Å². The molecule has 1 fully saturated rings. The molecule has 7 heteroatoms. The fraction of sp³-hybridized carbons (Fsp3) is 0.818. The summed E-state index contributed by atoms with van der Waals surface area (Å²) in [7, 11) is 0. The van der Waals surface area contributed by atoms with Crippen LogP contribution in [0, 0.1) is 11.3 Å². The monoisotopic (exact) mass is 277 g/mol. The number of rotatable bonds is 3. The van der Waals surface area contributed by atoms with Gasteiger partial charge in [0.2, 0.25) is 5.96 Å². The van der Waals surface area contributed by atoms with E-state index in [0.717, 1.165) is 12.8 Å². The van der Waals surface area contributed by atoms with Crippen LogP contribution >= 0.6 is 12.4 Å². The van der Waals surface area contributed by atoms with E-state index >= 15 is 0 Å². The lowest BCUT2D eigenvalue weighted by Gasteiger charge is -2.36. The van der Waals surface area contributed by atoms with Gasteiger partial charge in [-0.3, -0.25) is 5.41 Å². The van der Waals surface area contributed by atoms with Crippen LogP contribution in [-0.4, -0.2) is 42.6 Å². The number of morpholine rings is 1.